The van der Waals surface area contributed by atoms with E-state index in [1.54, 1.807) is 0 Å². The SMILES string of the molecule is c1ccc(-c2ccc(-c3ccccc3N(c3cccc(-c4cccc5oc6ccccc6c45)c3)c3cccc(-n4c5ccccc5c5ccccc54)c3)cc2)cc1. The third-order valence-corrected chi connectivity index (χ3v) is 11.2. The molecule has 11 rings (SSSR count). The zero-order valence-corrected chi connectivity index (χ0v) is 31.1. The van der Waals surface area contributed by atoms with Gasteiger partial charge in [-0.3, -0.25) is 0 Å². The number of hydrogen-bond acceptors (Lipinski definition) is 2. The van der Waals surface area contributed by atoms with Gasteiger partial charge in [-0.15, -0.1) is 0 Å². The van der Waals surface area contributed by atoms with E-state index in [4.69, 9.17) is 4.42 Å². The van der Waals surface area contributed by atoms with Crippen LogP contribution in [0.4, 0.5) is 17.1 Å². The molecule has 0 radical (unpaired) electrons. The fourth-order valence-corrected chi connectivity index (χ4v) is 8.61. The number of aromatic nitrogens is 1. The second kappa shape index (κ2) is 13.6. The molecule has 0 amide bonds. The summed E-state index contributed by atoms with van der Waals surface area (Å²) in [5.41, 5.74) is 15.4. The van der Waals surface area contributed by atoms with E-state index in [0.29, 0.717) is 0 Å². The van der Waals surface area contributed by atoms with Crippen molar-refractivity contribution >= 4 is 60.8 Å². The summed E-state index contributed by atoms with van der Waals surface area (Å²) in [4.78, 5) is 2.41. The standard InChI is InChI=1S/C54H36N2O/c1-2-15-37(16-3-1)38-31-33-39(34-32-38)44-21-4-8-26-49(44)55(41-18-12-17-40(35-41)45-25-14-30-53-54(45)48-24-7-11-29-52(48)57-53)42-19-13-20-43(36-42)56-50-27-9-5-22-46(50)47-23-6-10-28-51(47)56/h1-36H. The van der Waals surface area contributed by atoms with Gasteiger partial charge < -0.3 is 13.9 Å². The third-order valence-electron chi connectivity index (χ3n) is 11.2. The van der Waals surface area contributed by atoms with Crippen molar-refractivity contribution in [2.45, 2.75) is 0 Å². The molecule has 0 saturated carbocycles. The molecular formula is C54H36N2O. The molecule has 3 heteroatoms. The van der Waals surface area contributed by atoms with Crippen molar-refractivity contribution in [2.75, 3.05) is 4.90 Å². The lowest BCUT2D eigenvalue weighted by Gasteiger charge is -2.29. The predicted octanol–water partition coefficient (Wildman–Crippen LogP) is 15.2. The second-order valence-corrected chi connectivity index (χ2v) is 14.5. The molecule has 2 heterocycles. The molecule has 0 aliphatic rings. The van der Waals surface area contributed by atoms with Crippen LogP contribution in [-0.2, 0) is 0 Å². The minimum absolute atomic E-state index is 0.888. The quantitative estimate of drug-likeness (QED) is 0.163. The summed E-state index contributed by atoms with van der Waals surface area (Å²) in [5.74, 6) is 0. The van der Waals surface area contributed by atoms with E-state index < -0.39 is 0 Å². The van der Waals surface area contributed by atoms with E-state index in [-0.39, 0.29) is 0 Å². The Morgan fingerprint density at radius 1 is 0.351 bits per heavy atom. The van der Waals surface area contributed by atoms with Gasteiger partial charge >= 0.3 is 0 Å². The summed E-state index contributed by atoms with van der Waals surface area (Å²) < 4.78 is 8.72. The van der Waals surface area contributed by atoms with Gasteiger partial charge in [-0.05, 0) is 88.5 Å². The van der Waals surface area contributed by atoms with Crippen LogP contribution in [0.25, 0.3) is 82.8 Å². The minimum atomic E-state index is 0.888. The van der Waals surface area contributed by atoms with E-state index in [0.717, 1.165) is 66.9 Å². The van der Waals surface area contributed by atoms with Gasteiger partial charge in [0.1, 0.15) is 11.2 Å². The topological polar surface area (TPSA) is 21.3 Å². The van der Waals surface area contributed by atoms with Crippen LogP contribution in [0.15, 0.2) is 223 Å². The molecule has 0 unspecified atom stereocenters. The molecule has 0 atom stereocenters. The highest BCUT2D eigenvalue weighted by Crippen LogP contribution is 2.44. The molecule has 268 valence electrons. The van der Waals surface area contributed by atoms with Crippen LogP contribution in [0.3, 0.4) is 0 Å². The van der Waals surface area contributed by atoms with Crippen LogP contribution >= 0.6 is 0 Å². The van der Waals surface area contributed by atoms with Gasteiger partial charge in [-0.25, -0.2) is 0 Å². The maximum absolute atomic E-state index is 6.33. The summed E-state index contributed by atoms with van der Waals surface area (Å²) in [5, 5.41) is 4.74. The molecule has 0 bridgehead atoms. The Morgan fingerprint density at radius 3 is 1.68 bits per heavy atom. The van der Waals surface area contributed by atoms with E-state index in [1.807, 2.05) is 12.1 Å². The van der Waals surface area contributed by atoms with Gasteiger partial charge in [0, 0.05) is 44.2 Å². The Kier molecular flexibility index (Phi) is 7.82. The van der Waals surface area contributed by atoms with Crippen molar-refractivity contribution in [2.24, 2.45) is 0 Å². The zero-order valence-electron chi connectivity index (χ0n) is 31.1. The monoisotopic (exact) mass is 728 g/mol. The van der Waals surface area contributed by atoms with Crippen molar-refractivity contribution < 1.29 is 4.42 Å². The van der Waals surface area contributed by atoms with Crippen molar-refractivity contribution in [3.05, 3.63) is 218 Å². The van der Waals surface area contributed by atoms with E-state index >= 15 is 0 Å². The number of para-hydroxylation sites is 4. The number of fused-ring (bicyclic) bond motifs is 6. The fraction of sp³-hybridized carbons (Fsp3) is 0. The van der Waals surface area contributed by atoms with Crippen molar-refractivity contribution in [3.63, 3.8) is 0 Å². The van der Waals surface area contributed by atoms with Crippen LogP contribution in [0.5, 0.6) is 0 Å². The molecule has 0 spiro atoms. The van der Waals surface area contributed by atoms with Crippen LogP contribution in [0.1, 0.15) is 0 Å². The molecular weight excluding hydrogens is 693 g/mol. The van der Waals surface area contributed by atoms with Gasteiger partial charge in [-0.1, -0.05) is 158 Å². The van der Waals surface area contributed by atoms with E-state index in [1.165, 1.54) is 32.9 Å². The maximum atomic E-state index is 6.33. The lowest BCUT2D eigenvalue weighted by atomic mass is 9.97. The lowest BCUT2D eigenvalue weighted by molar-refractivity contribution is 0.669. The van der Waals surface area contributed by atoms with Gasteiger partial charge in [0.25, 0.3) is 0 Å². The first-order valence-corrected chi connectivity index (χ1v) is 19.4. The molecule has 9 aromatic carbocycles. The molecule has 0 aliphatic carbocycles. The van der Waals surface area contributed by atoms with Crippen LogP contribution in [-0.4, -0.2) is 4.57 Å². The molecule has 57 heavy (non-hydrogen) atoms. The Balaban J connectivity index is 1.12. The largest absolute Gasteiger partial charge is 0.456 e. The number of furan rings is 1. The number of hydrogen-bond donors (Lipinski definition) is 0. The molecule has 3 nitrogen and oxygen atoms in total. The minimum Gasteiger partial charge on any atom is -0.456 e. The smallest absolute Gasteiger partial charge is 0.136 e. The predicted molar refractivity (Wildman–Crippen MR) is 239 cm³/mol. The summed E-state index contributed by atoms with van der Waals surface area (Å²) in [7, 11) is 0. The third kappa shape index (κ3) is 5.60. The average molecular weight is 729 g/mol. The van der Waals surface area contributed by atoms with Gasteiger partial charge in [0.05, 0.1) is 16.7 Å². The Hall–Kier alpha value is -7.62. The Labute approximate surface area is 330 Å². The summed E-state index contributed by atoms with van der Waals surface area (Å²) >= 11 is 0. The summed E-state index contributed by atoms with van der Waals surface area (Å²) in [6, 6.07) is 78.2. The molecule has 0 N–H and O–H groups in total. The maximum Gasteiger partial charge on any atom is 0.136 e. The number of rotatable bonds is 7. The van der Waals surface area contributed by atoms with Gasteiger partial charge in [0.2, 0.25) is 0 Å². The van der Waals surface area contributed by atoms with Gasteiger partial charge in [0.15, 0.2) is 0 Å². The van der Waals surface area contributed by atoms with Crippen LogP contribution < -0.4 is 4.90 Å². The fourth-order valence-electron chi connectivity index (χ4n) is 8.61. The number of benzene rings is 9. The Morgan fingerprint density at radius 2 is 0.895 bits per heavy atom. The highest BCUT2D eigenvalue weighted by Gasteiger charge is 2.21. The number of anilines is 3. The highest BCUT2D eigenvalue weighted by atomic mass is 16.3. The first kappa shape index (κ1) is 32.8. The van der Waals surface area contributed by atoms with Crippen LogP contribution in [0.2, 0.25) is 0 Å². The van der Waals surface area contributed by atoms with E-state index in [9.17, 15) is 0 Å². The van der Waals surface area contributed by atoms with Crippen molar-refractivity contribution in [1.29, 1.82) is 0 Å². The second-order valence-electron chi connectivity index (χ2n) is 14.5. The average Bonchev–Trinajstić information content (AvgIpc) is 3.84. The van der Waals surface area contributed by atoms with Crippen LogP contribution in [0, 0.1) is 0 Å². The molecule has 0 aliphatic heterocycles. The molecule has 0 fully saturated rings. The zero-order chi connectivity index (χ0) is 37.7. The normalized spacial score (nSPS) is 11.5. The first-order chi connectivity index (χ1) is 28.3. The van der Waals surface area contributed by atoms with Crippen molar-refractivity contribution in [3.8, 4) is 39.1 Å². The van der Waals surface area contributed by atoms with E-state index in [2.05, 4.69) is 216 Å². The molecule has 2 aromatic heterocycles. The van der Waals surface area contributed by atoms with Crippen molar-refractivity contribution in [1.82, 2.24) is 4.57 Å². The van der Waals surface area contributed by atoms with Gasteiger partial charge in [-0.2, -0.15) is 0 Å². The summed E-state index contributed by atoms with van der Waals surface area (Å²) in [6.45, 7) is 0. The first-order valence-electron chi connectivity index (χ1n) is 19.4. The lowest BCUT2D eigenvalue weighted by Crippen LogP contribution is -2.12. The number of nitrogens with zero attached hydrogens (tertiary/aromatic N) is 2. The Bertz CT molecular complexity index is 3190. The molecule has 0 saturated heterocycles. The highest BCUT2D eigenvalue weighted by molar-refractivity contribution is 6.13. The summed E-state index contributed by atoms with van der Waals surface area (Å²) in [6.07, 6.45) is 0. The molecule has 11 aromatic rings.